The van der Waals surface area contributed by atoms with Gasteiger partial charge in [0.1, 0.15) is 5.75 Å². The average Bonchev–Trinajstić information content (AvgIpc) is 2.64. The van der Waals surface area contributed by atoms with E-state index in [2.05, 4.69) is 46.6 Å². The van der Waals surface area contributed by atoms with Crippen LogP contribution in [0.5, 0.6) is 5.75 Å². The van der Waals surface area contributed by atoms with Crippen LogP contribution >= 0.6 is 0 Å². The van der Waals surface area contributed by atoms with Crippen molar-refractivity contribution in [3.8, 4) is 5.75 Å². The summed E-state index contributed by atoms with van der Waals surface area (Å²) >= 11 is 0. The van der Waals surface area contributed by atoms with Crippen molar-refractivity contribution in [1.29, 1.82) is 0 Å². The highest BCUT2D eigenvalue weighted by atomic mass is 16.5. The first-order chi connectivity index (χ1) is 12.1. The highest BCUT2D eigenvalue weighted by molar-refractivity contribution is 5.79. The summed E-state index contributed by atoms with van der Waals surface area (Å²) < 4.78 is 11.0. The predicted octanol–water partition coefficient (Wildman–Crippen LogP) is 1.68. The van der Waals surface area contributed by atoms with E-state index in [0.717, 1.165) is 50.9 Å². The van der Waals surface area contributed by atoms with Crippen LogP contribution in [0.4, 0.5) is 0 Å². The molecule has 1 fully saturated rings. The number of morpholine rings is 1. The zero-order valence-corrected chi connectivity index (χ0v) is 15.9. The van der Waals surface area contributed by atoms with E-state index in [4.69, 9.17) is 9.47 Å². The van der Waals surface area contributed by atoms with Gasteiger partial charge >= 0.3 is 0 Å². The lowest BCUT2D eigenvalue weighted by Gasteiger charge is -2.30. The number of aliphatic imine (C=N–C) groups is 1. The number of ether oxygens (including phenoxy) is 2. The first kappa shape index (κ1) is 19.5. The molecule has 140 valence electrons. The van der Waals surface area contributed by atoms with Gasteiger partial charge < -0.3 is 25.0 Å². The van der Waals surface area contributed by atoms with Crippen LogP contribution in [0, 0.1) is 0 Å². The molecule has 1 aromatic rings. The molecule has 6 heteroatoms. The molecule has 0 radical (unpaired) electrons. The lowest BCUT2D eigenvalue weighted by atomic mass is 9.98. The molecule has 0 spiro atoms. The number of guanidine groups is 1. The van der Waals surface area contributed by atoms with Crippen LogP contribution in [0.1, 0.15) is 24.8 Å². The molecular formula is C19H32N4O2. The molecule has 1 aliphatic rings. The Morgan fingerprint density at radius 3 is 2.76 bits per heavy atom. The quantitative estimate of drug-likeness (QED) is 0.580. The summed E-state index contributed by atoms with van der Waals surface area (Å²) in [5, 5.41) is 6.75. The SMILES string of the molecule is CN=C(NCCC(C)c1ccc(OC)cc1)NCC1CN(C)CCO1. The van der Waals surface area contributed by atoms with Crippen molar-refractivity contribution in [2.75, 3.05) is 54.0 Å². The number of hydrogen-bond acceptors (Lipinski definition) is 4. The summed E-state index contributed by atoms with van der Waals surface area (Å²) in [6, 6.07) is 8.29. The van der Waals surface area contributed by atoms with Crippen LogP contribution in [-0.4, -0.2) is 71.0 Å². The van der Waals surface area contributed by atoms with Gasteiger partial charge in [0, 0.05) is 33.2 Å². The van der Waals surface area contributed by atoms with E-state index in [1.54, 1.807) is 14.2 Å². The molecule has 6 nitrogen and oxygen atoms in total. The third kappa shape index (κ3) is 6.55. The number of nitrogens with one attached hydrogen (secondary N) is 2. The first-order valence-corrected chi connectivity index (χ1v) is 9.01. The fourth-order valence-corrected chi connectivity index (χ4v) is 2.93. The monoisotopic (exact) mass is 348 g/mol. The molecular weight excluding hydrogens is 316 g/mol. The molecule has 2 rings (SSSR count). The van der Waals surface area contributed by atoms with Gasteiger partial charge in [-0.15, -0.1) is 0 Å². The number of methoxy groups -OCH3 is 1. The lowest BCUT2D eigenvalue weighted by Crippen LogP contribution is -2.48. The minimum atomic E-state index is 0.218. The molecule has 1 aliphatic heterocycles. The van der Waals surface area contributed by atoms with E-state index in [0.29, 0.717) is 5.92 Å². The maximum absolute atomic E-state index is 5.77. The molecule has 0 amide bonds. The van der Waals surface area contributed by atoms with Crippen molar-refractivity contribution < 1.29 is 9.47 Å². The fraction of sp³-hybridized carbons (Fsp3) is 0.632. The average molecular weight is 348 g/mol. The second-order valence-electron chi connectivity index (χ2n) is 6.60. The highest BCUT2D eigenvalue weighted by Crippen LogP contribution is 2.21. The maximum Gasteiger partial charge on any atom is 0.191 e. The molecule has 0 aliphatic carbocycles. The lowest BCUT2D eigenvalue weighted by molar-refractivity contribution is -0.0161. The number of hydrogen-bond donors (Lipinski definition) is 2. The molecule has 2 unspecified atom stereocenters. The van der Waals surface area contributed by atoms with E-state index >= 15 is 0 Å². The normalized spacial score (nSPS) is 20.2. The van der Waals surface area contributed by atoms with Crippen molar-refractivity contribution >= 4 is 5.96 Å². The molecule has 2 N–H and O–H groups in total. The van der Waals surface area contributed by atoms with Gasteiger partial charge in [0.2, 0.25) is 0 Å². The zero-order valence-electron chi connectivity index (χ0n) is 15.9. The number of nitrogens with zero attached hydrogens (tertiary/aromatic N) is 2. The van der Waals surface area contributed by atoms with Crippen molar-refractivity contribution in [1.82, 2.24) is 15.5 Å². The van der Waals surface area contributed by atoms with Crippen molar-refractivity contribution in [3.63, 3.8) is 0 Å². The Kier molecular flexibility index (Phi) is 8.01. The van der Waals surface area contributed by atoms with Gasteiger partial charge in [-0.25, -0.2) is 0 Å². The minimum Gasteiger partial charge on any atom is -0.497 e. The summed E-state index contributed by atoms with van der Waals surface area (Å²) in [5.41, 5.74) is 1.32. The number of benzene rings is 1. The van der Waals surface area contributed by atoms with Crippen LogP contribution in [0.2, 0.25) is 0 Å². The molecule has 0 saturated carbocycles. The summed E-state index contributed by atoms with van der Waals surface area (Å²) in [6.07, 6.45) is 1.26. The largest absolute Gasteiger partial charge is 0.497 e. The Morgan fingerprint density at radius 1 is 1.36 bits per heavy atom. The number of rotatable bonds is 7. The Morgan fingerprint density at radius 2 is 2.12 bits per heavy atom. The molecule has 25 heavy (non-hydrogen) atoms. The maximum atomic E-state index is 5.77. The van der Waals surface area contributed by atoms with E-state index < -0.39 is 0 Å². The van der Waals surface area contributed by atoms with Gasteiger partial charge in [-0.3, -0.25) is 4.99 Å². The third-order valence-electron chi connectivity index (χ3n) is 4.62. The molecule has 1 saturated heterocycles. The number of likely N-dealkylation sites (N-methyl/N-ethyl adjacent to an activating group) is 1. The highest BCUT2D eigenvalue weighted by Gasteiger charge is 2.17. The molecule has 0 aromatic heterocycles. The summed E-state index contributed by atoms with van der Waals surface area (Å²) in [7, 11) is 5.62. The Hall–Kier alpha value is -1.79. The molecule has 0 bridgehead atoms. The van der Waals surface area contributed by atoms with Crippen LogP contribution < -0.4 is 15.4 Å². The summed E-state index contributed by atoms with van der Waals surface area (Å²) in [4.78, 5) is 6.59. The predicted molar refractivity (Wildman–Crippen MR) is 103 cm³/mol. The molecule has 1 aromatic carbocycles. The second kappa shape index (κ2) is 10.3. The van der Waals surface area contributed by atoms with E-state index in [1.165, 1.54) is 5.56 Å². The van der Waals surface area contributed by atoms with Crippen LogP contribution in [0.3, 0.4) is 0 Å². The first-order valence-electron chi connectivity index (χ1n) is 9.01. The van der Waals surface area contributed by atoms with Crippen molar-refractivity contribution in [2.45, 2.75) is 25.4 Å². The van der Waals surface area contributed by atoms with Crippen LogP contribution in [-0.2, 0) is 4.74 Å². The smallest absolute Gasteiger partial charge is 0.191 e. The zero-order chi connectivity index (χ0) is 18.1. The van der Waals surface area contributed by atoms with Gasteiger partial charge in [-0.2, -0.15) is 0 Å². The summed E-state index contributed by atoms with van der Waals surface area (Å²) in [6.45, 7) is 6.65. The van der Waals surface area contributed by atoms with E-state index in [1.807, 2.05) is 12.1 Å². The van der Waals surface area contributed by atoms with E-state index in [9.17, 15) is 0 Å². The van der Waals surface area contributed by atoms with Crippen LogP contribution in [0.25, 0.3) is 0 Å². The van der Waals surface area contributed by atoms with Crippen molar-refractivity contribution in [2.24, 2.45) is 4.99 Å². The topological polar surface area (TPSA) is 58.1 Å². The third-order valence-corrected chi connectivity index (χ3v) is 4.62. The van der Waals surface area contributed by atoms with Gasteiger partial charge in [0.15, 0.2) is 5.96 Å². The molecule has 2 atom stereocenters. The van der Waals surface area contributed by atoms with E-state index in [-0.39, 0.29) is 6.10 Å². The Bertz CT molecular complexity index is 533. The van der Waals surface area contributed by atoms with Gasteiger partial charge in [-0.1, -0.05) is 19.1 Å². The second-order valence-corrected chi connectivity index (χ2v) is 6.60. The van der Waals surface area contributed by atoms with Gasteiger partial charge in [-0.05, 0) is 37.1 Å². The Balaban J connectivity index is 1.69. The van der Waals surface area contributed by atoms with Crippen molar-refractivity contribution in [3.05, 3.63) is 29.8 Å². The Labute approximate surface area is 151 Å². The minimum absolute atomic E-state index is 0.218. The van der Waals surface area contributed by atoms with Crippen LogP contribution in [0.15, 0.2) is 29.3 Å². The van der Waals surface area contributed by atoms with Gasteiger partial charge in [0.25, 0.3) is 0 Å². The molecule has 1 heterocycles. The standard InChI is InChI=1S/C19H32N4O2/c1-15(16-5-7-17(24-4)8-6-16)9-10-21-19(20-2)22-13-18-14-23(3)11-12-25-18/h5-8,15,18H,9-14H2,1-4H3,(H2,20,21,22). The fourth-order valence-electron chi connectivity index (χ4n) is 2.93. The summed E-state index contributed by atoms with van der Waals surface area (Å²) in [5.74, 6) is 2.21. The van der Waals surface area contributed by atoms with Gasteiger partial charge in [0.05, 0.1) is 19.8 Å².